The van der Waals surface area contributed by atoms with E-state index in [0.29, 0.717) is 31.3 Å². The van der Waals surface area contributed by atoms with Crippen molar-refractivity contribution < 1.29 is 9.15 Å². The van der Waals surface area contributed by atoms with Gasteiger partial charge in [-0.25, -0.2) is 9.97 Å². The van der Waals surface area contributed by atoms with Crippen LogP contribution in [0.25, 0.3) is 10.2 Å². The van der Waals surface area contributed by atoms with Crippen LogP contribution in [0.4, 0.5) is 0 Å². The summed E-state index contributed by atoms with van der Waals surface area (Å²) in [5.41, 5.74) is 2.18. The molecular formula is C20H20N4O2S. The summed E-state index contributed by atoms with van der Waals surface area (Å²) in [6, 6.07) is 10.5. The fourth-order valence-corrected chi connectivity index (χ4v) is 3.79. The number of hydrogen-bond donors (Lipinski definition) is 0. The Bertz CT molecular complexity index is 1040. The first-order valence-electron chi connectivity index (χ1n) is 8.94. The van der Waals surface area contributed by atoms with Crippen LogP contribution in [0.2, 0.25) is 0 Å². The molecule has 0 spiro atoms. The van der Waals surface area contributed by atoms with Crippen molar-refractivity contribution in [3.8, 4) is 6.01 Å². The van der Waals surface area contributed by atoms with E-state index in [1.54, 1.807) is 17.6 Å². The number of ether oxygens (including phenoxy) is 1. The van der Waals surface area contributed by atoms with Gasteiger partial charge in [-0.2, -0.15) is 9.97 Å². The molecule has 0 atom stereocenters. The van der Waals surface area contributed by atoms with E-state index >= 15 is 0 Å². The van der Waals surface area contributed by atoms with Gasteiger partial charge in [0.05, 0.1) is 28.1 Å². The van der Waals surface area contributed by atoms with Gasteiger partial charge in [0.25, 0.3) is 0 Å². The molecular weight excluding hydrogens is 360 g/mol. The first-order chi connectivity index (χ1) is 13.2. The van der Waals surface area contributed by atoms with Crippen LogP contribution in [-0.4, -0.2) is 26.5 Å². The molecule has 0 N–H and O–H groups in total. The zero-order valence-corrected chi connectivity index (χ0v) is 16.1. The van der Waals surface area contributed by atoms with Gasteiger partial charge < -0.3 is 9.15 Å². The highest BCUT2D eigenvalue weighted by Gasteiger charge is 2.10. The van der Waals surface area contributed by atoms with Crippen molar-refractivity contribution in [2.24, 2.45) is 0 Å². The molecule has 27 heavy (non-hydrogen) atoms. The number of rotatable bonds is 7. The van der Waals surface area contributed by atoms with Gasteiger partial charge in [0.1, 0.15) is 17.4 Å². The maximum absolute atomic E-state index is 5.54. The van der Waals surface area contributed by atoms with Gasteiger partial charge >= 0.3 is 6.01 Å². The summed E-state index contributed by atoms with van der Waals surface area (Å²) in [6.07, 6.45) is 3.73. The van der Waals surface area contributed by atoms with E-state index in [9.17, 15) is 0 Å². The van der Waals surface area contributed by atoms with Crippen LogP contribution < -0.4 is 4.74 Å². The zero-order chi connectivity index (χ0) is 18.6. The summed E-state index contributed by atoms with van der Waals surface area (Å²) in [7, 11) is 0. The Kier molecular flexibility index (Phi) is 5.11. The second-order valence-electron chi connectivity index (χ2n) is 6.17. The molecule has 3 aromatic heterocycles. The highest BCUT2D eigenvalue weighted by molar-refractivity contribution is 7.18. The number of aromatic nitrogens is 4. The molecule has 6 nitrogen and oxygen atoms in total. The monoisotopic (exact) mass is 380 g/mol. The average Bonchev–Trinajstić information content (AvgIpc) is 3.28. The predicted molar refractivity (Wildman–Crippen MR) is 104 cm³/mol. The lowest BCUT2D eigenvalue weighted by molar-refractivity contribution is 0.308. The highest BCUT2D eigenvalue weighted by Crippen LogP contribution is 2.23. The van der Waals surface area contributed by atoms with Crippen LogP contribution >= 0.6 is 11.3 Å². The van der Waals surface area contributed by atoms with E-state index in [2.05, 4.69) is 38.1 Å². The van der Waals surface area contributed by atoms with Crippen LogP contribution in [0.3, 0.4) is 0 Å². The van der Waals surface area contributed by atoms with Crippen LogP contribution in [0.15, 0.2) is 41.0 Å². The van der Waals surface area contributed by atoms with E-state index in [1.807, 2.05) is 26.0 Å². The topological polar surface area (TPSA) is 73.9 Å². The predicted octanol–water partition coefficient (Wildman–Crippen LogP) is 4.16. The maximum Gasteiger partial charge on any atom is 0.319 e. The summed E-state index contributed by atoms with van der Waals surface area (Å²) in [5, 5.41) is 1.07. The fourth-order valence-electron chi connectivity index (χ4n) is 2.90. The number of aryl methyl sites for hydroxylation is 3. The normalized spacial score (nSPS) is 11.2. The number of hydrogen-bond acceptors (Lipinski definition) is 7. The Balaban J connectivity index is 1.57. The number of furan rings is 1. The summed E-state index contributed by atoms with van der Waals surface area (Å²) < 4.78 is 12.1. The minimum Gasteiger partial charge on any atom is -0.469 e. The van der Waals surface area contributed by atoms with Crippen LogP contribution in [-0.2, 0) is 19.3 Å². The molecule has 0 radical (unpaired) electrons. The summed E-state index contributed by atoms with van der Waals surface area (Å²) in [5.74, 6) is 2.35. The second-order valence-corrected chi connectivity index (χ2v) is 7.41. The van der Waals surface area contributed by atoms with Crippen molar-refractivity contribution in [2.75, 3.05) is 6.61 Å². The lowest BCUT2D eigenvalue weighted by atomic mass is 10.1. The molecule has 0 aliphatic carbocycles. The van der Waals surface area contributed by atoms with Gasteiger partial charge in [-0.15, -0.1) is 11.3 Å². The van der Waals surface area contributed by atoms with Crippen molar-refractivity contribution in [1.29, 1.82) is 0 Å². The van der Waals surface area contributed by atoms with Gasteiger partial charge in [0, 0.05) is 19.3 Å². The fraction of sp³-hybridized carbons (Fsp3) is 0.300. The first kappa shape index (κ1) is 17.6. The quantitative estimate of drug-likeness (QED) is 0.479. The van der Waals surface area contributed by atoms with E-state index in [-0.39, 0.29) is 0 Å². The SMILES string of the molecule is CCOc1nc(CCc2ccco2)nc(Cc2ccc3nc(C)sc3c2)n1. The van der Waals surface area contributed by atoms with Crippen molar-refractivity contribution in [3.63, 3.8) is 0 Å². The number of fused-ring (bicyclic) bond motifs is 1. The Morgan fingerprint density at radius 2 is 1.93 bits per heavy atom. The molecule has 0 saturated carbocycles. The average molecular weight is 380 g/mol. The van der Waals surface area contributed by atoms with Crippen LogP contribution in [0.5, 0.6) is 6.01 Å². The zero-order valence-electron chi connectivity index (χ0n) is 15.3. The lowest BCUT2D eigenvalue weighted by Gasteiger charge is -2.07. The molecule has 138 valence electrons. The second kappa shape index (κ2) is 7.84. The van der Waals surface area contributed by atoms with Gasteiger partial charge in [0.15, 0.2) is 0 Å². The van der Waals surface area contributed by atoms with Crippen LogP contribution in [0, 0.1) is 6.92 Å². The largest absolute Gasteiger partial charge is 0.469 e. The first-order valence-corrected chi connectivity index (χ1v) is 9.76. The third-order valence-corrected chi connectivity index (χ3v) is 5.01. The molecule has 0 bridgehead atoms. The van der Waals surface area contributed by atoms with Gasteiger partial charge in [0.2, 0.25) is 0 Å². The molecule has 0 unspecified atom stereocenters. The standard InChI is InChI=1S/C20H20N4O2S/c1-3-25-20-23-18(9-7-15-5-4-10-26-15)22-19(24-20)12-14-6-8-16-17(11-14)27-13(2)21-16/h4-6,8,10-11H,3,7,9,12H2,1-2H3. The molecule has 0 saturated heterocycles. The number of nitrogens with zero attached hydrogens (tertiary/aromatic N) is 4. The van der Waals surface area contributed by atoms with Crippen molar-refractivity contribution in [2.45, 2.75) is 33.1 Å². The molecule has 4 aromatic rings. The molecule has 1 aromatic carbocycles. The molecule has 0 aliphatic heterocycles. The van der Waals surface area contributed by atoms with Crippen molar-refractivity contribution in [1.82, 2.24) is 19.9 Å². The summed E-state index contributed by atoms with van der Waals surface area (Å²) in [6.45, 7) is 4.47. The summed E-state index contributed by atoms with van der Waals surface area (Å²) in [4.78, 5) is 18.0. The lowest BCUT2D eigenvalue weighted by Crippen LogP contribution is -2.08. The molecule has 3 heterocycles. The van der Waals surface area contributed by atoms with Crippen molar-refractivity contribution >= 4 is 21.6 Å². The minimum absolute atomic E-state index is 0.381. The van der Waals surface area contributed by atoms with Gasteiger partial charge in [-0.05, 0) is 43.7 Å². The highest BCUT2D eigenvalue weighted by atomic mass is 32.1. The Hall–Kier alpha value is -2.80. The maximum atomic E-state index is 5.54. The van der Waals surface area contributed by atoms with Gasteiger partial charge in [-0.3, -0.25) is 0 Å². The van der Waals surface area contributed by atoms with E-state index in [0.717, 1.165) is 34.1 Å². The molecule has 0 amide bonds. The number of thiazole rings is 1. The molecule has 0 fully saturated rings. The van der Waals surface area contributed by atoms with E-state index in [1.165, 1.54) is 4.70 Å². The van der Waals surface area contributed by atoms with E-state index < -0.39 is 0 Å². The smallest absolute Gasteiger partial charge is 0.319 e. The third kappa shape index (κ3) is 4.31. The Morgan fingerprint density at radius 1 is 1.04 bits per heavy atom. The minimum atomic E-state index is 0.381. The summed E-state index contributed by atoms with van der Waals surface area (Å²) >= 11 is 1.70. The third-order valence-electron chi connectivity index (χ3n) is 4.08. The van der Waals surface area contributed by atoms with Gasteiger partial charge in [-0.1, -0.05) is 6.07 Å². The molecule has 7 heteroatoms. The van der Waals surface area contributed by atoms with E-state index in [4.69, 9.17) is 9.15 Å². The Labute approximate surface area is 161 Å². The Morgan fingerprint density at radius 3 is 2.74 bits per heavy atom. The molecule has 0 aliphatic rings. The molecule has 4 rings (SSSR count). The van der Waals surface area contributed by atoms with Crippen molar-refractivity contribution in [3.05, 3.63) is 64.6 Å². The number of benzene rings is 1. The van der Waals surface area contributed by atoms with Crippen LogP contribution in [0.1, 0.15) is 34.9 Å².